The lowest BCUT2D eigenvalue weighted by Crippen LogP contribution is -2.25. The highest BCUT2D eigenvalue weighted by atomic mass is 32.1. The molecule has 70 valence electrons. The monoisotopic (exact) mass is 199 g/mol. The first kappa shape index (κ1) is 6.43. The highest BCUT2D eigenvalue weighted by Crippen LogP contribution is 1.98. The van der Waals surface area contributed by atoms with E-state index in [4.69, 9.17) is 4.11 Å². The van der Waals surface area contributed by atoms with Crippen LogP contribution in [0.3, 0.4) is 0 Å². The van der Waals surface area contributed by atoms with E-state index in [1.165, 1.54) is 18.3 Å². The Labute approximate surface area is 87.2 Å². The number of aromatic nitrogens is 1. The summed E-state index contributed by atoms with van der Waals surface area (Å²) >= 11 is 3.96. The standard InChI is InChI=1S/C9H12N2OS/c1-7-2-3-8(6-11-7)9(12)10-4-5-13/h2-3,6,13H,4-5H2,1H3,(H,10,12)/i1D3. The molecule has 0 aromatic carbocycles. The third kappa shape index (κ3) is 3.06. The zero-order chi connectivity index (χ0) is 12.2. The van der Waals surface area contributed by atoms with Crippen molar-refractivity contribution in [2.75, 3.05) is 12.3 Å². The number of amides is 1. The molecule has 1 aromatic heterocycles. The second kappa shape index (κ2) is 4.87. The molecule has 0 fully saturated rings. The summed E-state index contributed by atoms with van der Waals surface area (Å²) < 4.78 is 21.4. The molecule has 1 heterocycles. The Bertz CT molecular complexity index is 364. The van der Waals surface area contributed by atoms with Crippen molar-refractivity contribution in [3.63, 3.8) is 0 Å². The molecule has 0 saturated carbocycles. The molecule has 13 heavy (non-hydrogen) atoms. The minimum absolute atomic E-state index is 0.0155. The van der Waals surface area contributed by atoms with E-state index < -0.39 is 6.85 Å². The maximum Gasteiger partial charge on any atom is 0.252 e. The van der Waals surface area contributed by atoms with Gasteiger partial charge in [0, 0.05) is 28.3 Å². The van der Waals surface area contributed by atoms with E-state index in [0.29, 0.717) is 17.9 Å². The van der Waals surface area contributed by atoms with Gasteiger partial charge in [-0.1, -0.05) is 0 Å². The fourth-order valence-corrected chi connectivity index (χ4v) is 0.911. The molecule has 1 N–H and O–H groups in total. The minimum Gasteiger partial charge on any atom is -0.351 e. The number of aryl methyl sites for hydroxylation is 1. The summed E-state index contributed by atoms with van der Waals surface area (Å²) in [6, 6.07) is 2.78. The second-order valence-corrected chi connectivity index (χ2v) is 2.86. The summed E-state index contributed by atoms with van der Waals surface area (Å²) in [5.41, 5.74) is 0.327. The van der Waals surface area contributed by atoms with E-state index >= 15 is 0 Å². The molecule has 0 unspecified atom stereocenters. The first-order chi connectivity index (χ1) is 7.45. The number of pyridine rings is 1. The van der Waals surface area contributed by atoms with Crippen molar-refractivity contribution in [3.8, 4) is 0 Å². The van der Waals surface area contributed by atoms with Crippen molar-refractivity contribution in [1.82, 2.24) is 10.3 Å². The Kier molecular flexibility index (Phi) is 2.41. The lowest BCUT2D eigenvalue weighted by atomic mass is 10.2. The van der Waals surface area contributed by atoms with Gasteiger partial charge in [-0.3, -0.25) is 9.78 Å². The quantitative estimate of drug-likeness (QED) is 0.714. The van der Waals surface area contributed by atoms with Gasteiger partial charge >= 0.3 is 0 Å². The van der Waals surface area contributed by atoms with Crippen LogP contribution in [0.5, 0.6) is 0 Å². The van der Waals surface area contributed by atoms with E-state index in [0.717, 1.165) is 0 Å². The summed E-state index contributed by atoms with van der Waals surface area (Å²) in [5, 5.41) is 2.61. The van der Waals surface area contributed by atoms with Gasteiger partial charge in [-0.2, -0.15) is 12.6 Å². The summed E-state index contributed by atoms with van der Waals surface area (Å²) in [7, 11) is 0. The lowest BCUT2D eigenvalue weighted by molar-refractivity contribution is 0.0956. The number of carbonyl (C=O) groups excluding carboxylic acids is 1. The van der Waals surface area contributed by atoms with Gasteiger partial charge in [0.25, 0.3) is 5.91 Å². The van der Waals surface area contributed by atoms with Crippen LogP contribution < -0.4 is 5.32 Å². The third-order valence-electron chi connectivity index (χ3n) is 1.42. The fourth-order valence-electron chi connectivity index (χ4n) is 0.800. The number of rotatable bonds is 3. The van der Waals surface area contributed by atoms with Crippen molar-refractivity contribution >= 4 is 18.5 Å². The van der Waals surface area contributed by atoms with Crippen LogP contribution in [0, 0.1) is 6.85 Å². The number of thiol groups is 1. The van der Waals surface area contributed by atoms with Crippen LogP contribution in [-0.2, 0) is 0 Å². The van der Waals surface area contributed by atoms with Crippen molar-refractivity contribution < 1.29 is 8.91 Å². The summed E-state index contributed by atoms with van der Waals surface area (Å²) in [6.45, 7) is -1.77. The molecule has 1 rings (SSSR count). The lowest BCUT2D eigenvalue weighted by Gasteiger charge is -2.02. The number of carbonyl (C=O) groups is 1. The predicted molar refractivity (Wildman–Crippen MR) is 55.2 cm³/mol. The topological polar surface area (TPSA) is 42.0 Å². The van der Waals surface area contributed by atoms with Gasteiger partial charge in [0.15, 0.2) is 0 Å². The van der Waals surface area contributed by atoms with Gasteiger partial charge in [-0.15, -0.1) is 0 Å². The van der Waals surface area contributed by atoms with Crippen LogP contribution in [0.15, 0.2) is 18.3 Å². The highest BCUT2D eigenvalue weighted by Gasteiger charge is 2.03. The first-order valence-corrected chi connectivity index (χ1v) is 4.44. The molecule has 3 nitrogen and oxygen atoms in total. The second-order valence-electron chi connectivity index (χ2n) is 2.41. The number of hydrogen-bond donors (Lipinski definition) is 2. The van der Waals surface area contributed by atoms with Crippen LogP contribution >= 0.6 is 12.6 Å². The van der Waals surface area contributed by atoms with Gasteiger partial charge in [0.1, 0.15) is 0 Å². The molecule has 0 aliphatic rings. The Morgan fingerprint density at radius 3 is 3.15 bits per heavy atom. The third-order valence-corrected chi connectivity index (χ3v) is 1.65. The van der Waals surface area contributed by atoms with E-state index in [9.17, 15) is 4.79 Å². The average Bonchev–Trinajstić information content (AvgIpc) is 2.25. The van der Waals surface area contributed by atoms with Crippen LogP contribution in [0.4, 0.5) is 0 Å². The molecule has 1 amide bonds. The Morgan fingerprint density at radius 2 is 2.62 bits per heavy atom. The molecule has 0 saturated heterocycles. The minimum atomic E-state index is -2.24. The van der Waals surface area contributed by atoms with Crippen molar-refractivity contribution in [3.05, 3.63) is 29.6 Å². The van der Waals surface area contributed by atoms with E-state index in [2.05, 4.69) is 22.9 Å². The Balaban J connectivity index is 2.75. The molecule has 0 atom stereocenters. The van der Waals surface area contributed by atoms with Crippen LogP contribution in [0.25, 0.3) is 0 Å². The largest absolute Gasteiger partial charge is 0.351 e. The Morgan fingerprint density at radius 1 is 1.77 bits per heavy atom. The number of hydrogen-bond acceptors (Lipinski definition) is 3. The zero-order valence-electron chi connectivity index (χ0n) is 9.95. The summed E-state index contributed by atoms with van der Waals surface area (Å²) in [4.78, 5) is 15.2. The van der Waals surface area contributed by atoms with Crippen LogP contribution in [0.2, 0.25) is 0 Å². The number of nitrogens with zero attached hydrogens (tertiary/aromatic N) is 1. The van der Waals surface area contributed by atoms with E-state index in [1.54, 1.807) is 0 Å². The van der Waals surface area contributed by atoms with Gasteiger partial charge in [-0.05, 0) is 19.0 Å². The van der Waals surface area contributed by atoms with Crippen LogP contribution in [0.1, 0.15) is 20.2 Å². The normalized spacial score (nSPS) is 14.1. The molecule has 1 aromatic rings. The predicted octanol–water partition coefficient (Wildman–Crippen LogP) is 1.05. The summed E-state index contributed by atoms with van der Waals surface area (Å²) in [5.74, 6) is 0.269. The van der Waals surface area contributed by atoms with Gasteiger partial charge in [0.2, 0.25) is 0 Å². The molecular formula is C9H12N2OS. The van der Waals surface area contributed by atoms with Crippen molar-refractivity contribution in [2.45, 2.75) is 6.85 Å². The van der Waals surface area contributed by atoms with Crippen molar-refractivity contribution in [2.24, 2.45) is 0 Å². The molecule has 0 bridgehead atoms. The van der Waals surface area contributed by atoms with Gasteiger partial charge in [0.05, 0.1) is 5.56 Å². The maximum absolute atomic E-state index is 11.4. The zero-order valence-corrected chi connectivity index (χ0v) is 7.84. The molecule has 0 radical (unpaired) electrons. The maximum atomic E-state index is 11.4. The van der Waals surface area contributed by atoms with Gasteiger partial charge < -0.3 is 5.32 Å². The Hall–Kier alpha value is -1.03. The van der Waals surface area contributed by atoms with Crippen molar-refractivity contribution in [1.29, 1.82) is 0 Å². The fraction of sp³-hybridized carbons (Fsp3) is 0.333. The SMILES string of the molecule is [2H]C([2H])([2H])c1ccc(C(=O)NCCS)cn1. The smallest absolute Gasteiger partial charge is 0.252 e. The van der Waals surface area contributed by atoms with Crippen LogP contribution in [-0.4, -0.2) is 23.2 Å². The molecule has 0 aliphatic heterocycles. The summed E-state index contributed by atoms with van der Waals surface area (Å²) in [6.07, 6.45) is 1.26. The van der Waals surface area contributed by atoms with E-state index in [-0.39, 0.29) is 11.6 Å². The first-order valence-electron chi connectivity index (χ1n) is 5.31. The molecule has 0 spiro atoms. The molecule has 4 heteroatoms. The van der Waals surface area contributed by atoms with E-state index in [1.807, 2.05) is 0 Å². The number of nitrogens with one attached hydrogen (secondary N) is 1. The average molecular weight is 199 g/mol. The molecular weight excluding hydrogens is 184 g/mol. The molecule has 0 aliphatic carbocycles. The van der Waals surface area contributed by atoms with Gasteiger partial charge in [-0.25, -0.2) is 0 Å². The highest BCUT2D eigenvalue weighted by molar-refractivity contribution is 7.80.